The largest absolute Gasteiger partial charge is 0.376 e. The molecule has 1 unspecified atom stereocenters. The molecule has 1 atom stereocenters. The minimum absolute atomic E-state index is 0.0568. The van der Waals surface area contributed by atoms with Gasteiger partial charge in [0.2, 0.25) is 5.91 Å². The van der Waals surface area contributed by atoms with E-state index in [1.165, 1.54) is 0 Å². The van der Waals surface area contributed by atoms with Crippen molar-refractivity contribution in [1.29, 1.82) is 0 Å². The molecule has 1 aliphatic heterocycles. The van der Waals surface area contributed by atoms with Gasteiger partial charge in [0, 0.05) is 19.6 Å². The Labute approximate surface area is 124 Å². The summed E-state index contributed by atoms with van der Waals surface area (Å²) < 4.78 is 5.48. The monoisotopic (exact) mass is 292 g/mol. The van der Waals surface area contributed by atoms with E-state index in [2.05, 4.69) is 10.6 Å². The number of nitrogens with one attached hydrogen (secondary N) is 2. The zero-order valence-electron chi connectivity index (χ0n) is 11.4. The Morgan fingerprint density at radius 3 is 2.85 bits per heavy atom. The van der Waals surface area contributed by atoms with Gasteiger partial charge in [-0.3, -0.25) is 4.79 Å². The fraction of sp³-hybridized carbons (Fsp3) is 0.467. The Bertz CT molecular complexity index is 444. The summed E-state index contributed by atoms with van der Waals surface area (Å²) in [5.74, 6) is -0.0568. The topological polar surface area (TPSA) is 50.4 Å². The molecular weight excluding hydrogens is 272 g/mol. The summed E-state index contributed by atoms with van der Waals surface area (Å²) in [5, 5.41) is 6.12. The summed E-state index contributed by atoms with van der Waals surface area (Å²) in [4.78, 5) is 11.8. The highest BCUT2D eigenvalue weighted by molar-refractivity contribution is 7.80. The minimum Gasteiger partial charge on any atom is -0.376 e. The van der Waals surface area contributed by atoms with E-state index in [9.17, 15) is 4.79 Å². The van der Waals surface area contributed by atoms with Crippen molar-refractivity contribution in [3.05, 3.63) is 35.9 Å². The molecule has 0 spiro atoms. The number of benzene rings is 1. The van der Waals surface area contributed by atoms with Gasteiger partial charge in [0.1, 0.15) is 0 Å². The van der Waals surface area contributed by atoms with Gasteiger partial charge in [0.05, 0.1) is 6.10 Å². The zero-order valence-corrected chi connectivity index (χ0v) is 12.2. The lowest BCUT2D eigenvalue weighted by Gasteiger charge is -2.13. The van der Waals surface area contributed by atoms with Crippen molar-refractivity contribution in [2.45, 2.75) is 31.8 Å². The Hall–Kier alpha value is -1.46. The maximum Gasteiger partial charge on any atom is 0.226 e. The number of aryl methyl sites for hydroxylation is 1. The van der Waals surface area contributed by atoms with Gasteiger partial charge in [-0.1, -0.05) is 30.3 Å². The van der Waals surface area contributed by atoms with E-state index in [0.717, 1.165) is 31.4 Å². The number of ether oxygens (including phenoxy) is 1. The number of rotatable bonds is 5. The predicted molar refractivity (Wildman–Crippen MR) is 82.5 cm³/mol. The van der Waals surface area contributed by atoms with Crippen LogP contribution in [0.1, 0.15) is 24.8 Å². The Morgan fingerprint density at radius 2 is 2.15 bits per heavy atom. The van der Waals surface area contributed by atoms with Crippen LogP contribution in [-0.4, -0.2) is 30.3 Å². The Kier molecular flexibility index (Phi) is 5.95. The molecular formula is C15H20N2O2S. The predicted octanol–water partition coefficient (Wildman–Crippen LogP) is 1.79. The lowest BCUT2D eigenvalue weighted by molar-refractivity contribution is -0.119. The van der Waals surface area contributed by atoms with Crippen LogP contribution in [0.2, 0.25) is 0 Å². The van der Waals surface area contributed by atoms with Gasteiger partial charge in [-0.05, 0) is 37.0 Å². The van der Waals surface area contributed by atoms with Crippen LogP contribution < -0.4 is 10.6 Å². The first kappa shape index (κ1) is 14.9. The molecule has 1 fully saturated rings. The van der Waals surface area contributed by atoms with Crippen LogP contribution in [0, 0.1) is 0 Å². The second-order valence-electron chi connectivity index (χ2n) is 4.88. The number of carbonyl (C=O) groups is 1. The molecule has 2 N–H and O–H groups in total. The molecule has 0 radical (unpaired) electrons. The standard InChI is InChI=1S/C15H20N2O2S/c18-14(9-8-12-5-2-1-3-6-12)17-15(20)16-11-13-7-4-10-19-13/h1-3,5-6,13H,4,7-11H2,(H2,16,17,18,20). The quantitative estimate of drug-likeness (QED) is 0.812. The smallest absolute Gasteiger partial charge is 0.226 e. The average Bonchev–Trinajstić information content (AvgIpc) is 2.97. The van der Waals surface area contributed by atoms with Crippen LogP contribution in [0.15, 0.2) is 30.3 Å². The molecule has 1 aliphatic rings. The minimum atomic E-state index is -0.0568. The van der Waals surface area contributed by atoms with Gasteiger partial charge in [0.25, 0.3) is 0 Å². The summed E-state index contributed by atoms with van der Waals surface area (Å²) in [6, 6.07) is 9.94. The molecule has 0 aromatic heterocycles. The van der Waals surface area contributed by atoms with Gasteiger partial charge in [-0.15, -0.1) is 0 Å². The molecule has 0 saturated carbocycles. The molecule has 5 heteroatoms. The number of thiocarbonyl (C=S) groups is 1. The molecule has 1 amide bonds. The first-order chi connectivity index (χ1) is 9.74. The maximum absolute atomic E-state index is 11.8. The number of carbonyl (C=O) groups excluding carboxylic acids is 1. The van der Waals surface area contributed by atoms with Crippen LogP contribution in [0.25, 0.3) is 0 Å². The van der Waals surface area contributed by atoms with Crippen LogP contribution in [0.5, 0.6) is 0 Å². The Balaban J connectivity index is 1.62. The average molecular weight is 292 g/mol. The first-order valence-electron chi connectivity index (χ1n) is 6.97. The SMILES string of the molecule is O=C(CCc1ccccc1)NC(=S)NCC1CCCO1. The van der Waals surface area contributed by atoms with Crippen molar-refractivity contribution in [2.75, 3.05) is 13.2 Å². The molecule has 1 aromatic carbocycles. The molecule has 20 heavy (non-hydrogen) atoms. The van der Waals surface area contributed by atoms with E-state index >= 15 is 0 Å². The van der Waals surface area contributed by atoms with Crippen LogP contribution >= 0.6 is 12.2 Å². The summed E-state index contributed by atoms with van der Waals surface area (Å²) in [5.41, 5.74) is 1.15. The Morgan fingerprint density at radius 1 is 1.35 bits per heavy atom. The number of amides is 1. The molecule has 0 bridgehead atoms. The molecule has 1 saturated heterocycles. The van der Waals surface area contributed by atoms with E-state index in [0.29, 0.717) is 18.1 Å². The molecule has 1 heterocycles. The van der Waals surface area contributed by atoms with E-state index in [4.69, 9.17) is 17.0 Å². The zero-order chi connectivity index (χ0) is 14.2. The van der Waals surface area contributed by atoms with Crippen molar-refractivity contribution < 1.29 is 9.53 Å². The van der Waals surface area contributed by atoms with E-state index < -0.39 is 0 Å². The third-order valence-corrected chi connectivity index (χ3v) is 3.50. The van der Waals surface area contributed by atoms with E-state index in [1.54, 1.807) is 0 Å². The number of hydrogen-bond acceptors (Lipinski definition) is 3. The highest BCUT2D eigenvalue weighted by Crippen LogP contribution is 2.10. The second-order valence-corrected chi connectivity index (χ2v) is 5.29. The van der Waals surface area contributed by atoms with Crippen molar-refractivity contribution in [1.82, 2.24) is 10.6 Å². The van der Waals surface area contributed by atoms with Crippen LogP contribution in [0.3, 0.4) is 0 Å². The van der Waals surface area contributed by atoms with Gasteiger partial charge in [0.15, 0.2) is 5.11 Å². The maximum atomic E-state index is 11.8. The van der Waals surface area contributed by atoms with Crippen molar-refractivity contribution in [2.24, 2.45) is 0 Å². The fourth-order valence-electron chi connectivity index (χ4n) is 2.15. The van der Waals surface area contributed by atoms with E-state index in [-0.39, 0.29) is 12.0 Å². The van der Waals surface area contributed by atoms with E-state index in [1.807, 2.05) is 30.3 Å². The van der Waals surface area contributed by atoms with Gasteiger partial charge >= 0.3 is 0 Å². The fourth-order valence-corrected chi connectivity index (χ4v) is 2.34. The van der Waals surface area contributed by atoms with Crippen molar-refractivity contribution in [3.63, 3.8) is 0 Å². The summed E-state index contributed by atoms with van der Waals surface area (Å²) >= 11 is 5.10. The summed E-state index contributed by atoms with van der Waals surface area (Å²) in [6.07, 6.45) is 3.53. The van der Waals surface area contributed by atoms with Gasteiger partial charge < -0.3 is 15.4 Å². The third kappa shape index (κ3) is 5.27. The molecule has 2 rings (SSSR count). The summed E-state index contributed by atoms with van der Waals surface area (Å²) in [7, 11) is 0. The normalized spacial score (nSPS) is 17.7. The molecule has 0 aliphatic carbocycles. The van der Waals surface area contributed by atoms with Gasteiger partial charge in [-0.2, -0.15) is 0 Å². The van der Waals surface area contributed by atoms with Crippen LogP contribution in [0.4, 0.5) is 0 Å². The highest BCUT2D eigenvalue weighted by Gasteiger charge is 2.15. The van der Waals surface area contributed by atoms with Crippen LogP contribution in [-0.2, 0) is 16.0 Å². The lowest BCUT2D eigenvalue weighted by atomic mass is 10.1. The number of hydrogen-bond donors (Lipinski definition) is 2. The van der Waals surface area contributed by atoms with Gasteiger partial charge in [-0.25, -0.2) is 0 Å². The van der Waals surface area contributed by atoms with Crippen molar-refractivity contribution >= 4 is 23.2 Å². The second kappa shape index (κ2) is 7.97. The first-order valence-corrected chi connectivity index (χ1v) is 7.38. The summed E-state index contributed by atoms with van der Waals surface area (Å²) in [6.45, 7) is 1.49. The van der Waals surface area contributed by atoms with Crippen molar-refractivity contribution in [3.8, 4) is 0 Å². The molecule has 1 aromatic rings. The third-order valence-electron chi connectivity index (χ3n) is 3.25. The lowest BCUT2D eigenvalue weighted by Crippen LogP contribution is -2.42. The molecule has 108 valence electrons. The highest BCUT2D eigenvalue weighted by atomic mass is 32.1. The molecule has 4 nitrogen and oxygen atoms in total.